The smallest absolute Gasteiger partial charge is 0.244 e. The van der Waals surface area contributed by atoms with Crippen LogP contribution in [-0.2, 0) is 4.79 Å². The second kappa shape index (κ2) is 6.75. The molecule has 0 radical (unpaired) electrons. The molecule has 1 saturated heterocycles. The third-order valence-corrected chi connectivity index (χ3v) is 3.41. The molecule has 1 fully saturated rings. The fraction of sp³-hybridized carbons (Fsp3) is 0.562. The van der Waals surface area contributed by atoms with Crippen molar-refractivity contribution in [3.8, 4) is 5.75 Å². The maximum absolute atomic E-state index is 12.4. The largest absolute Gasteiger partial charge is 0.491 e. The summed E-state index contributed by atoms with van der Waals surface area (Å²) in [6.07, 6.45) is 2.13. The molecule has 1 N–H and O–H groups in total. The Morgan fingerprint density at radius 2 is 2.05 bits per heavy atom. The molecule has 2 rings (SSSR count). The summed E-state index contributed by atoms with van der Waals surface area (Å²) >= 11 is 0. The standard InChI is InChI=1S/C16H24N2O2/c1-4-17-15-6-5-11-18(16(15)19)13-7-9-14(10-8-13)20-12(2)3/h7-10,12,15,17H,4-6,11H2,1-3H3. The first kappa shape index (κ1) is 14.9. The van der Waals surface area contributed by atoms with Crippen LogP contribution in [0.15, 0.2) is 24.3 Å². The molecule has 1 aromatic rings. The number of ether oxygens (including phenoxy) is 1. The van der Waals surface area contributed by atoms with Crippen molar-refractivity contribution in [1.29, 1.82) is 0 Å². The first-order valence-corrected chi connectivity index (χ1v) is 7.43. The molecule has 20 heavy (non-hydrogen) atoms. The number of piperidine rings is 1. The molecule has 1 unspecified atom stereocenters. The second-order valence-electron chi connectivity index (χ2n) is 5.40. The molecule has 4 nitrogen and oxygen atoms in total. The Balaban J connectivity index is 2.08. The van der Waals surface area contributed by atoms with Crippen LogP contribution in [0.2, 0.25) is 0 Å². The van der Waals surface area contributed by atoms with Crippen LogP contribution in [0.5, 0.6) is 5.75 Å². The van der Waals surface area contributed by atoms with Gasteiger partial charge in [0.15, 0.2) is 0 Å². The average molecular weight is 276 g/mol. The van der Waals surface area contributed by atoms with E-state index in [4.69, 9.17) is 4.74 Å². The van der Waals surface area contributed by atoms with Gasteiger partial charge >= 0.3 is 0 Å². The number of benzene rings is 1. The Morgan fingerprint density at radius 1 is 1.35 bits per heavy atom. The Hall–Kier alpha value is -1.55. The number of nitrogens with zero attached hydrogens (tertiary/aromatic N) is 1. The molecule has 0 spiro atoms. The maximum Gasteiger partial charge on any atom is 0.244 e. The summed E-state index contributed by atoms with van der Waals surface area (Å²) in [7, 11) is 0. The van der Waals surface area contributed by atoms with Gasteiger partial charge < -0.3 is 15.0 Å². The van der Waals surface area contributed by atoms with E-state index in [9.17, 15) is 4.79 Å². The fourth-order valence-electron chi connectivity index (χ4n) is 2.54. The van der Waals surface area contributed by atoms with Gasteiger partial charge in [-0.2, -0.15) is 0 Å². The summed E-state index contributed by atoms with van der Waals surface area (Å²) in [4.78, 5) is 14.3. The van der Waals surface area contributed by atoms with Crippen LogP contribution in [0.4, 0.5) is 5.69 Å². The number of rotatable bonds is 5. The van der Waals surface area contributed by atoms with Crippen LogP contribution in [0, 0.1) is 0 Å². The lowest BCUT2D eigenvalue weighted by atomic mass is 10.0. The SMILES string of the molecule is CCNC1CCCN(c2ccc(OC(C)C)cc2)C1=O. The van der Waals surface area contributed by atoms with Crippen molar-refractivity contribution in [1.82, 2.24) is 5.32 Å². The number of hydrogen-bond donors (Lipinski definition) is 1. The number of hydrogen-bond acceptors (Lipinski definition) is 3. The number of likely N-dealkylation sites (N-methyl/N-ethyl adjacent to an activating group) is 1. The molecule has 0 aliphatic carbocycles. The first-order chi connectivity index (χ1) is 9.61. The van der Waals surface area contributed by atoms with Crippen LogP contribution in [0.3, 0.4) is 0 Å². The summed E-state index contributed by atoms with van der Waals surface area (Å²) in [5.74, 6) is 1.02. The van der Waals surface area contributed by atoms with E-state index < -0.39 is 0 Å². The topological polar surface area (TPSA) is 41.6 Å². The molecule has 1 amide bonds. The van der Waals surface area contributed by atoms with Crippen molar-refractivity contribution in [2.45, 2.75) is 45.8 Å². The molecule has 1 atom stereocenters. The Kier molecular flexibility index (Phi) is 5.01. The molecule has 0 bridgehead atoms. The van der Waals surface area contributed by atoms with Crippen LogP contribution >= 0.6 is 0 Å². The predicted molar refractivity (Wildman–Crippen MR) is 81.3 cm³/mol. The molecular weight excluding hydrogens is 252 g/mol. The molecule has 4 heteroatoms. The van der Waals surface area contributed by atoms with Crippen molar-refractivity contribution >= 4 is 11.6 Å². The van der Waals surface area contributed by atoms with Crippen molar-refractivity contribution in [2.24, 2.45) is 0 Å². The van der Waals surface area contributed by atoms with Gasteiger partial charge in [0.1, 0.15) is 5.75 Å². The normalized spacial score (nSPS) is 19.5. The molecule has 1 aromatic carbocycles. The van der Waals surface area contributed by atoms with E-state index in [0.29, 0.717) is 0 Å². The van der Waals surface area contributed by atoms with Gasteiger partial charge in [-0.15, -0.1) is 0 Å². The van der Waals surface area contributed by atoms with E-state index in [1.54, 1.807) is 0 Å². The van der Waals surface area contributed by atoms with Crippen LogP contribution in [0.1, 0.15) is 33.6 Å². The van der Waals surface area contributed by atoms with Crippen molar-refractivity contribution < 1.29 is 9.53 Å². The highest BCUT2D eigenvalue weighted by molar-refractivity contribution is 5.97. The number of amides is 1. The van der Waals surface area contributed by atoms with E-state index in [-0.39, 0.29) is 18.1 Å². The van der Waals surface area contributed by atoms with E-state index in [1.165, 1.54) is 0 Å². The summed E-state index contributed by atoms with van der Waals surface area (Å²) in [6, 6.07) is 7.74. The van der Waals surface area contributed by atoms with Gasteiger partial charge in [0.2, 0.25) is 5.91 Å². The van der Waals surface area contributed by atoms with Gasteiger partial charge in [-0.05, 0) is 57.5 Å². The summed E-state index contributed by atoms with van der Waals surface area (Å²) in [5.41, 5.74) is 0.953. The lowest BCUT2D eigenvalue weighted by Crippen LogP contribution is -2.50. The van der Waals surface area contributed by atoms with Gasteiger partial charge in [0, 0.05) is 12.2 Å². The summed E-state index contributed by atoms with van der Waals surface area (Å²) in [6.45, 7) is 7.66. The molecular formula is C16H24N2O2. The second-order valence-corrected chi connectivity index (χ2v) is 5.40. The van der Waals surface area contributed by atoms with Crippen LogP contribution in [0.25, 0.3) is 0 Å². The highest BCUT2D eigenvalue weighted by Gasteiger charge is 2.28. The average Bonchev–Trinajstić information content (AvgIpc) is 2.42. The highest BCUT2D eigenvalue weighted by Crippen LogP contribution is 2.24. The Bertz CT molecular complexity index is 440. The lowest BCUT2D eigenvalue weighted by molar-refractivity contribution is -0.121. The van der Waals surface area contributed by atoms with Crippen molar-refractivity contribution in [3.63, 3.8) is 0 Å². The van der Waals surface area contributed by atoms with Crippen molar-refractivity contribution in [3.05, 3.63) is 24.3 Å². The Morgan fingerprint density at radius 3 is 2.65 bits per heavy atom. The molecule has 0 saturated carbocycles. The number of anilines is 1. The minimum absolute atomic E-state index is 0.0414. The lowest BCUT2D eigenvalue weighted by Gasteiger charge is -2.32. The van der Waals surface area contributed by atoms with E-state index in [1.807, 2.05) is 49.9 Å². The quantitative estimate of drug-likeness (QED) is 0.898. The minimum Gasteiger partial charge on any atom is -0.491 e. The molecule has 110 valence electrons. The maximum atomic E-state index is 12.4. The fourth-order valence-corrected chi connectivity index (χ4v) is 2.54. The highest BCUT2D eigenvalue weighted by atomic mass is 16.5. The zero-order valence-electron chi connectivity index (χ0n) is 12.6. The van der Waals surface area contributed by atoms with Gasteiger partial charge in [-0.1, -0.05) is 6.92 Å². The van der Waals surface area contributed by atoms with E-state index >= 15 is 0 Å². The molecule has 0 aromatic heterocycles. The number of carbonyl (C=O) groups excluding carboxylic acids is 1. The zero-order valence-corrected chi connectivity index (χ0v) is 12.6. The Labute approximate surface area is 121 Å². The summed E-state index contributed by atoms with van der Waals surface area (Å²) < 4.78 is 5.63. The van der Waals surface area contributed by atoms with Crippen LogP contribution < -0.4 is 15.0 Å². The monoisotopic (exact) mass is 276 g/mol. The minimum atomic E-state index is -0.0414. The van der Waals surface area contributed by atoms with Gasteiger partial charge in [0.25, 0.3) is 0 Å². The van der Waals surface area contributed by atoms with Gasteiger partial charge in [-0.25, -0.2) is 0 Å². The molecule has 1 aliphatic heterocycles. The van der Waals surface area contributed by atoms with E-state index in [0.717, 1.165) is 37.4 Å². The van der Waals surface area contributed by atoms with E-state index in [2.05, 4.69) is 5.32 Å². The van der Waals surface area contributed by atoms with Gasteiger partial charge in [0.05, 0.1) is 12.1 Å². The third-order valence-electron chi connectivity index (χ3n) is 3.41. The van der Waals surface area contributed by atoms with Crippen molar-refractivity contribution in [2.75, 3.05) is 18.0 Å². The van der Waals surface area contributed by atoms with Gasteiger partial charge in [-0.3, -0.25) is 4.79 Å². The van der Waals surface area contributed by atoms with Crippen LogP contribution in [-0.4, -0.2) is 31.1 Å². The molecule has 1 aliphatic rings. The summed E-state index contributed by atoms with van der Waals surface area (Å²) in [5, 5.41) is 3.26. The zero-order chi connectivity index (χ0) is 14.5. The number of nitrogens with one attached hydrogen (secondary N) is 1. The third kappa shape index (κ3) is 3.51. The first-order valence-electron chi connectivity index (χ1n) is 7.43. The number of carbonyl (C=O) groups is 1. The molecule has 1 heterocycles. The predicted octanol–water partition coefficient (Wildman–Crippen LogP) is 2.58.